The summed E-state index contributed by atoms with van der Waals surface area (Å²) in [6.07, 6.45) is 0.976. The molecule has 1 N–H and O–H groups in total. The van der Waals surface area contributed by atoms with Crippen molar-refractivity contribution >= 4 is 29.1 Å². The van der Waals surface area contributed by atoms with Crippen molar-refractivity contribution in [3.05, 3.63) is 28.0 Å². The number of amides is 1. The summed E-state index contributed by atoms with van der Waals surface area (Å²) in [5, 5.41) is 3.39. The minimum Gasteiger partial charge on any atom is -0.381 e. The van der Waals surface area contributed by atoms with E-state index in [9.17, 15) is 4.79 Å². The molecule has 0 radical (unpaired) electrons. The fourth-order valence-corrected chi connectivity index (χ4v) is 2.83. The van der Waals surface area contributed by atoms with Gasteiger partial charge in [0.2, 0.25) is 0 Å². The highest BCUT2D eigenvalue weighted by Gasteiger charge is 2.49. The number of ether oxygens (including phenoxy) is 1. The Hall–Kier alpha value is -0.840. The van der Waals surface area contributed by atoms with Crippen LogP contribution < -0.4 is 5.32 Å². The first kappa shape index (κ1) is 14.6. The van der Waals surface area contributed by atoms with Gasteiger partial charge < -0.3 is 10.1 Å². The molecule has 1 aromatic heterocycles. The molecule has 1 amide bonds. The molecule has 0 saturated heterocycles. The van der Waals surface area contributed by atoms with Crippen LogP contribution in [0.4, 0.5) is 0 Å². The number of nitrogens with one attached hydrogen (secondary N) is 1. The van der Waals surface area contributed by atoms with E-state index in [-0.39, 0.29) is 33.8 Å². The molecule has 19 heavy (non-hydrogen) atoms. The second-order valence-corrected chi connectivity index (χ2v) is 6.08. The van der Waals surface area contributed by atoms with E-state index in [1.165, 1.54) is 12.1 Å². The lowest BCUT2D eigenvalue weighted by Gasteiger charge is -2.51. The summed E-state index contributed by atoms with van der Waals surface area (Å²) >= 11 is 11.6. The first-order valence-corrected chi connectivity index (χ1v) is 6.77. The molecular weight excluding hydrogens is 287 g/mol. The second kappa shape index (κ2) is 5.27. The van der Waals surface area contributed by atoms with Gasteiger partial charge in [0.1, 0.15) is 10.3 Å². The number of nitrogens with zero attached hydrogens (tertiary/aromatic N) is 1. The van der Waals surface area contributed by atoms with Crippen LogP contribution in [0.1, 0.15) is 30.6 Å². The van der Waals surface area contributed by atoms with Crippen LogP contribution in [0.2, 0.25) is 10.3 Å². The van der Waals surface area contributed by atoms with Crippen molar-refractivity contribution in [3.63, 3.8) is 0 Å². The summed E-state index contributed by atoms with van der Waals surface area (Å²) in [6.45, 7) is 4.14. The summed E-state index contributed by atoms with van der Waals surface area (Å²) < 4.78 is 5.35. The topological polar surface area (TPSA) is 51.2 Å². The molecule has 1 heterocycles. The lowest BCUT2D eigenvalue weighted by molar-refractivity contribution is -0.0942. The number of halogens is 2. The van der Waals surface area contributed by atoms with Crippen molar-refractivity contribution in [1.82, 2.24) is 10.3 Å². The predicted molar refractivity (Wildman–Crippen MR) is 74.7 cm³/mol. The Morgan fingerprint density at radius 1 is 1.42 bits per heavy atom. The summed E-state index contributed by atoms with van der Waals surface area (Å²) in [5.74, 6) is -0.196. The van der Waals surface area contributed by atoms with E-state index in [1.807, 2.05) is 0 Å². The molecule has 1 aromatic rings. The van der Waals surface area contributed by atoms with Crippen LogP contribution in [0.5, 0.6) is 0 Å². The van der Waals surface area contributed by atoms with Crippen LogP contribution in [-0.4, -0.2) is 30.1 Å². The SMILES string of the molecule is COC1CC(NC(=O)c2cc(Cl)nc(Cl)c2)C1(C)C. The van der Waals surface area contributed by atoms with E-state index in [1.54, 1.807) is 7.11 Å². The van der Waals surface area contributed by atoms with Gasteiger partial charge in [-0.3, -0.25) is 4.79 Å². The third-order valence-electron chi connectivity index (χ3n) is 3.79. The van der Waals surface area contributed by atoms with Crippen LogP contribution in [-0.2, 0) is 4.74 Å². The summed E-state index contributed by atoms with van der Waals surface area (Å²) in [5.41, 5.74) is 0.340. The van der Waals surface area contributed by atoms with Crippen LogP contribution >= 0.6 is 23.2 Å². The van der Waals surface area contributed by atoms with Gasteiger partial charge in [0, 0.05) is 24.1 Å². The number of aromatic nitrogens is 1. The van der Waals surface area contributed by atoms with Crippen molar-refractivity contribution in [2.24, 2.45) is 5.41 Å². The van der Waals surface area contributed by atoms with Crippen LogP contribution in [0.15, 0.2) is 12.1 Å². The van der Waals surface area contributed by atoms with E-state index in [2.05, 4.69) is 24.1 Å². The fraction of sp³-hybridized carbons (Fsp3) is 0.538. The van der Waals surface area contributed by atoms with Gasteiger partial charge in [-0.05, 0) is 18.6 Å². The van der Waals surface area contributed by atoms with E-state index in [0.717, 1.165) is 6.42 Å². The molecule has 2 unspecified atom stereocenters. The third-order valence-corrected chi connectivity index (χ3v) is 4.18. The molecule has 0 bridgehead atoms. The van der Waals surface area contributed by atoms with Crippen molar-refractivity contribution in [3.8, 4) is 0 Å². The molecule has 1 aliphatic rings. The number of rotatable bonds is 3. The Morgan fingerprint density at radius 2 is 2.00 bits per heavy atom. The number of hydrogen-bond acceptors (Lipinski definition) is 3. The van der Waals surface area contributed by atoms with Crippen LogP contribution in [0, 0.1) is 5.41 Å². The monoisotopic (exact) mass is 302 g/mol. The van der Waals surface area contributed by atoms with Gasteiger partial charge in [-0.1, -0.05) is 37.0 Å². The molecule has 6 heteroatoms. The number of carbonyl (C=O) groups excluding carboxylic acids is 1. The van der Waals surface area contributed by atoms with E-state index in [0.29, 0.717) is 5.56 Å². The van der Waals surface area contributed by atoms with Gasteiger partial charge in [0.25, 0.3) is 5.91 Å². The number of methoxy groups -OCH3 is 1. The summed E-state index contributed by atoms with van der Waals surface area (Å²) in [4.78, 5) is 16.0. The fourth-order valence-electron chi connectivity index (χ4n) is 2.37. The van der Waals surface area contributed by atoms with Crippen LogP contribution in [0.25, 0.3) is 0 Å². The Balaban J connectivity index is 2.06. The number of carbonyl (C=O) groups is 1. The second-order valence-electron chi connectivity index (χ2n) is 5.31. The molecule has 0 spiro atoms. The average Bonchev–Trinajstić information content (AvgIpc) is 2.32. The maximum Gasteiger partial charge on any atom is 0.251 e. The Morgan fingerprint density at radius 3 is 2.47 bits per heavy atom. The third kappa shape index (κ3) is 2.86. The molecule has 1 fully saturated rings. The van der Waals surface area contributed by atoms with Gasteiger partial charge in [0.15, 0.2) is 0 Å². The first-order valence-electron chi connectivity index (χ1n) is 6.01. The lowest BCUT2D eigenvalue weighted by Crippen LogP contribution is -2.61. The maximum atomic E-state index is 12.1. The minimum absolute atomic E-state index is 0.0783. The molecular formula is C13H16Cl2N2O2. The highest BCUT2D eigenvalue weighted by Crippen LogP contribution is 2.42. The van der Waals surface area contributed by atoms with Crippen molar-refractivity contribution in [2.45, 2.75) is 32.4 Å². The van der Waals surface area contributed by atoms with Gasteiger partial charge in [-0.2, -0.15) is 0 Å². The zero-order valence-corrected chi connectivity index (χ0v) is 12.5. The Bertz CT molecular complexity index is 485. The first-order chi connectivity index (χ1) is 8.84. The van der Waals surface area contributed by atoms with Crippen molar-refractivity contribution in [1.29, 1.82) is 0 Å². The predicted octanol–water partition coefficient (Wildman–Crippen LogP) is 2.93. The number of hydrogen-bond donors (Lipinski definition) is 1. The molecule has 4 nitrogen and oxygen atoms in total. The zero-order valence-electron chi connectivity index (χ0n) is 11.0. The van der Waals surface area contributed by atoms with E-state index >= 15 is 0 Å². The average molecular weight is 303 g/mol. The Kier molecular flexibility index (Phi) is 4.04. The maximum absolute atomic E-state index is 12.1. The highest BCUT2D eigenvalue weighted by molar-refractivity contribution is 6.33. The molecule has 2 atom stereocenters. The highest BCUT2D eigenvalue weighted by atomic mass is 35.5. The van der Waals surface area contributed by atoms with E-state index < -0.39 is 0 Å². The van der Waals surface area contributed by atoms with Gasteiger partial charge in [-0.15, -0.1) is 0 Å². The largest absolute Gasteiger partial charge is 0.381 e. The standard InChI is InChI=1S/C13H16Cl2N2O2/c1-13(2)8(6-9(13)19-3)16-12(18)7-4-10(14)17-11(15)5-7/h4-5,8-9H,6H2,1-3H3,(H,16,18). The molecule has 1 saturated carbocycles. The molecule has 1 aliphatic carbocycles. The van der Waals surface area contributed by atoms with E-state index in [4.69, 9.17) is 27.9 Å². The lowest BCUT2D eigenvalue weighted by atomic mass is 9.64. The normalized spacial score (nSPS) is 24.7. The smallest absolute Gasteiger partial charge is 0.251 e. The summed E-state index contributed by atoms with van der Waals surface area (Å²) in [7, 11) is 1.69. The quantitative estimate of drug-likeness (QED) is 0.874. The van der Waals surface area contributed by atoms with Crippen molar-refractivity contribution < 1.29 is 9.53 Å². The van der Waals surface area contributed by atoms with Crippen molar-refractivity contribution in [2.75, 3.05) is 7.11 Å². The minimum atomic E-state index is -0.196. The zero-order chi connectivity index (χ0) is 14.2. The van der Waals surface area contributed by atoms with Gasteiger partial charge >= 0.3 is 0 Å². The molecule has 104 valence electrons. The Labute approximate surface area is 122 Å². The molecule has 0 aliphatic heterocycles. The van der Waals surface area contributed by atoms with Gasteiger partial charge in [0.05, 0.1) is 6.10 Å². The van der Waals surface area contributed by atoms with Crippen LogP contribution in [0.3, 0.4) is 0 Å². The molecule has 0 aromatic carbocycles. The number of pyridine rings is 1. The molecule has 2 rings (SSSR count). The van der Waals surface area contributed by atoms with Gasteiger partial charge in [-0.25, -0.2) is 4.98 Å². The summed E-state index contributed by atoms with van der Waals surface area (Å²) in [6, 6.07) is 3.08.